The molecule has 0 aliphatic carbocycles. The Kier molecular flexibility index (Phi) is 4.46. The molecule has 2 aromatic rings. The van der Waals surface area contributed by atoms with Crippen molar-refractivity contribution in [1.82, 2.24) is 4.98 Å². The number of nitrogens with zero attached hydrogens (tertiary/aromatic N) is 1. The van der Waals surface area contributed by atoms with Gasteiger partial charge in [0.05, 0.1) is 11.3 Å². The van der Waals surface area contributed by atoms with Crippen molar-refractivity contribution in [3.8, 4) is 0 Å². The standard InChI is InChI=1S/C19H24N2O2/c1-11-9-14(19(4,5)6)10-16(12(11)2)21-17-8-7-15(18(22)23)13(3)20-17/h7-10H,1-6H3,(H,20,21)(H,22,23). The summed E-state index contributed by atoms with van der Waals surface area (Å²) in [7, 11) is 0. The van der Waals surface area contributed by atoms with Crippen LogP contribution >= 0.6 is 0 Å². The highest BCUT2D eigenvalue weighted by Gasteiger charge is 2.17. The second-order valence-corrected chi connectivity index (χ2v) is 6.98. The minimum Gasteiger partial charge on any atom is -0.478 e. The predicted molar refractivity (Wildman–Crippen MR) is 93.8 cm³/mol. The number of rotatable bonds is 3. The number of benzene rings is 1. The van der Waals surface area contributed by atoms with Gasteiger partial charge in [0, 0.05) is 5.69 Å². The molecule has 4 nitrogen and oxygen atoms in total. The van der Waals surface area contributed by atoms with E-state index in [0.29, 0.717) is 11.5 Å². The van der Waals surface area contributed by atoms with Crippen LogP contribution in [0.15, 0.2) is 24.3 Å². The van der Waals surface area contributed by atoms with Gasteiger partial charge >= 0.3 is 5.97 Å². The van der Waals surface area contributed by atoms with Gasteiger partial charge in [0.1, 0.15) is 5.82 Å². The molecule has 2 rings (SSSR count). The van der Waals surface area contributed by atoms with Crippen molar-refractivity contribution in [2.45, 2.75) is 47.0 Å². The molecule has 122 valence electrons. The molecule has 1 heterocycles. The summed E-state index contributed by atoms with van der Waals surface area (Å²) in [5, 5.41) is 12.4. The first kappa shape index (κ1) is 17.0. The molecule has 0 unspecified atom stereocenters. The van der Waals surface area contributed by atoms with E-state index in [9.17, 15) is 4.79 Å². The number of hydrogen-bond acceptors (Lipinski definition) is 3. The third kappa shape index (κ3) is 3.70. The smallest absolute Gasteiger partial charge is 0.337 e. The topological polar surface area (TPSA) is 62.2 Å². The fraction of sp³-hybridized carbons (Fsp3) is 0.368. The quantitative estimate of drug-likeness (QED) is 0.859. The number of carboxylic acids is 1. The summed E-state index contributed by atoms with van der Waals surface area (Å²) >= 11 is 0. The molecule has 0 fully saturated rings. The van der Waals surface area contributed by atoms with Gasteiger partial charge in [-0.05, 0) is 61.1 Å². The monoisotopic (exact) mass is 312 g/mol. The zero-order chi connectivity index (χ0) is 17.4. The number of hydrogen-bond donors (Lipinski definition) is 2. The number of aromatic carboxylic acids is 1. The average Bonchev–Trinajstić information content (AvgIpc) is 2.42. The van der Waals surface area contributed by atoms with Crippen molar-refractivity contribution in [3.63, 3.8) is 0 Å². The molecule has 1 aromatic heterocycles. The maximum atomic E-state index is 11.1. The molecule has 0 saturated carbocycles. The molecule has 4 heteroatoms. The lowest BCUT2D eigenvalue weighted by molar-refractivity contribution is 0.0695. The number of aryl methyl sites for hydroxylation is 2. The van der Waals surface area contributed by atoms with Gasteiger partial charge in [-0.1, -0.05) is 26.8 Å². The third-order valence-electron chi connectivity index (χ3n) is 4.11. The average molecular weight is 312 g/mol. The van der Waals surface area contributed by atoms with Crippen LogP contribution in [0.2, 0.25) is 0 Å². The van der Waals surface area contributed by atoms with Gasteiger partial charge in [0.25, 0.3) is 0 Å². The minimum atomic E-state index is -0.955. The Balaban J connectivity index is 2.42. The highest BCUT2D eigenvalue weighted by Crippen LogP contribution is 2.31. The summed E-state index contributed by atoms with van der Waals surface area (Å²) < 4.78 is 0. The molecule has 2 N–H and O–H groups in total. The maximum absolute atomic E-state index is 11.1. The number of anilines is 2. The van der Waals surface area contributed by atoms with Crippen LogP contribution in [0.25, 0.3) is 0 Å². The minimum absolute atomic E-state index is 0.0609. The molecule has 0 atom stereocenters. The van der Waals surface area contributed by atoms with E-state index in [2.05, 4.69) is 57.1 Å². The summed E-state index contributed by atoms with van der Waals surface area (Å²) in [6.07, 6.45) is 0. The van der Waals surface area contributed by atoms with Gasteiger partial charge in [-0.25, -0.2) is 9.78 Å². The Morgan fingerprint density at radius 2 is 1.78 bits per heavy atom. The van der Waals surface area contributed by atoms with Gasteiger partial charge in [0.2, 0.25) is 0 Å². The fourth-order valence-corrected chi connectivity index (χ4v) is 2.42. The Morgan fingerprint density at radius 1 is 1.13 bits per heavy atom. The summed E-state index contributed by atoms with van der Waals surface area (Å²) in [6, 6.07) is 7.65. The Morgan fingerprint density at radius 3 is 2.30 bits per heavy atom. The third-order valence-corrected chi connectivity index (χ3v) is 4.11. The first-order valence-corrected chi connectivity index (χ1v) is 7.69. The van der Waals surface area contributed by atoms with Crippen LogP contribution in [0.4, 0.5) is 11.5 Å². The molecular formula is C19H24N2O2. The van der Waals surface area contributed by atoms with Crippen molar-refractivity contribution >= 4 is 17.5 Å². The number of carbonyl (C=O) groups is 1. The number of aromatic nitrogens is 1. The van der Waals surface area contributed by atoms with E-state index in [1.165, 1.54) is 16.7 Å². The molecule has 1 aromatic carbocycles. The van der Waals surface area contributed by atoms with Crippen LogP contribution in [-0.2, 0) is 5.41 Å². The van der Waals surface area contributed by atoms with E-state index >= 15 is 0 Å². The molecule has 0 radical (unpaired) electrons. The molecule has 0 aliphatic heterocycles. The largest absolute Gasteiger partial charge is 0.478 e. The summed E-state index contributed by atoms with van der Waals surface area (Å²) in [6.45, 7) is 12.4. The number of pyridine rings is 1. The Labute approximate surface area is 137 Å². The van der Waals surface area contributed by atoms with Crippen molar-refractivity contribution in [2.75, 3.05) is 5.32 Å². The van der Waals surface area contributed by atoms with Crippen LogP contribution < -0.4 is 5.32 Å². The summed E-state index contributed by atoms with van der Waals surface area (Å²) in [5.74, 6) is -0.302. The summed E-state index contributed by atoms with van der Waals surface area (Å²) in [4.78, 5) is 15.4. The van der Waals surface area contributed by atoms with Gasteiger partial charge in [-0.2, -0.15) is 0 Å². The second kappa shape index (κ2) is 6.03. The fourth-order valence-electron chi connectivity index (χ4n) is 2.42. The first-order valence-electron chi connectivity index (χ1n) is 7.69. The van der Waals surface area contributed by atoms with E-state index in [1.807, 2.05) is 0 Å². The zero-order valence-corrected chi connectivity index (χ0v) is 14.6. The molecule has 0 amide bonds. The SMILES string of the molecule is Cc1cc(C(C)(C)C)cc(Nc2ccc(C(=O)O)c(C)n2)c1C. The first-order chi connectivity index (χ1) is 10.6. The Hall–Kier alpha value is -2.36. The van der Waals surface area contributed by atoms with E-state index in [1.54, 1.807) is 19.1 Å². The highest BCUT2D eigenvalue weighted by molar-refractivity contribution is 5.89. The molecular weight excluding hydrogens is 288 g/mol. The van der Waals surface area contributed by atoms with Crippen molar-refractivity contribution in [1.29, 1.82) is 0 Å². The predicted octanol–water partition coefficient (Wildman–Crippen LogP) is 4.75. The van der Waals surface area contributed by atoms with Gasteiger partial charge in [-0.3, -0.25) is 0 Å². The normalized spacial score (nSPS) is 11.4. The van der Waals surface area contributed by atoms with Crippen LogP contribution in [-0.4, -0.2) is 16.1 Å². The Bertz CT molecular complexity index is 759. The lowest BCUT2D eigenvalue weighted by Crippen LogP contribution is -2.12. The van der Waals surface area contributed by atoms with Crippen molar-refractivity contribution < 1.29 is 9.90 Å². The van der Waals surface area contributed by atoms with E-state index in [4.69, 9.17) is 5.11 Å². The summed E-state index contributed by atoms with van der Waals surface area (Å²) in [5.41, 5.74) is 5.44. The lowest BCUT2D eigenvalue weighted by Gasteiger charge is -2.23. The van der Waals surface area contributed by atoms with Crippen molar-refractivity contribution in [3.05, 3.63) is 52.2 Å². The van der Waals surface area contributed by atoms with Crippen molar-refractivity contribution in [2.24, 2.45) is 0 Å². The molecule has 0 spiro atoms. The van der Waals surface area contributed by atoms with Gasteiger partial charge < -0.3 is 10.4 Å². The van der Waals surface area contributed by atoms with E-state index in [-0.39, 0.29) is 11.0 Å². The van der Waals surface area contributed by atoms with Crippen LogP contribution in [0.3, 0.4) is 0 Å². The number of carboxylic acid groups (broad SMARTS) is 1. The lowest BCUT2D eigenvalue weighted by atomic mass is 9.85. The maximum Gasteiger partial charge on any atom is 0.337 e. The van der Waals surface area contributed by atoms with Gasteiger partial charge in [0.15, 0.2) is 0 Å². The van der Waals surface area contributed by atoms with Crippen LogP contribution in [0.5, 0.6) is 0 Å². The zero-order valence-electron chi connectivity index (χ0n) is 14.6. The molecule has 0 saturated heterocycles. The number of nitrogens with one attached hydrogen (secondary N) is 1. The van der Waals surface area contributed by atoms with E-state index in [0.717, 1.165) is 5.69 Å². The molecule has 0 bridgehead atoms. The van der Waals surface area contributed by atoms with Gasteiger partial charge in [-0.15, -0.1) is 0 Å². The van der Waals surface area contributed by atoms with E-state index < -0.39 is 5.97 Å². The second-order valence-electron chi connectivity index (χ2n) is 6.98. The van der Waals surface area contributed by atoms with Crippen LogP contribution in [0.1, 0.15) is 53.5 Å². The van der Waals surface area contributed by atoms with Crippen LogP contribution in [0, 0.1) is 20.8 Å². The molecule has 0 aliphatic rings. The molecule has 23 heavy (non-hydrogen) atoms. The highest BCUT2D eigenvalue weighted by atomic mass is 16.4.